The molecular formula is C37H48O7S2. The molecule has 0 saturated heterocycles. The van der Waals surface area contributed by atoms with Crippen LogP contribution >= 0.6 is 10.3 Å². The van der Waals surface area contributed by atoms with E-state index in [9.17, 15) is 13.2 Å². The van der Waals surface area contributed by atoms with Crippen LogP contribution in [0.5, 0.6) is 17.2 Å². The maximum Gasteiger partial charge on any atom is 0.278 e. The van der Waals surface area contributed by atoms with Crippen molar-refractivity contribution in [1.29, 1.82) is 0 Å². The van der Waals surface area contributed by atoms with Crippen molar-refractivity contribution < 1.29 is 31.1 Å². The Morgan fingerprint density at radius 2 is 1.07 bits per heavy atom. The molecule has 0 amide bonds. The van der Waals surface area contributed by atoms with Gasteiger partial charge in [-0.25, -0.2) is 3.63 Å². The highest BCUT2D eigenvalue weighted by molar-refractivity contribution is 8.33. The third-order valence-electron chi connectivity index (χ3n) is 9.65. The second-order valence-electron chi connectivity index (χ2n) is 13.0. The minimum Gasteiger partial charge on any atom is -0.494 e. The first-order chi connectivity index (χ1) is 22.0. The molecule has 2 atom stereocenters. The molecule has 3 aromatic carbocycles. The van der Waals surface area contributed by atoms with E-state index in [1.54, 1.807) is 0 Å². The molecule has 46 heavy (non-hydrogen) atoms. The highest BCUT2D eigenvalue weighted by atomic mass is 32.3. The van der Waals surface area contributed by atoms with Crippen LogP contribution in [0, 0.1) is 16.7 Å². The summed E-state index contributed by atoms with van der Waals surface area (Å²) in [6.45, 7) is 12.0. The van der Waals surface area contributed by atoms with Gasteiger partial charge in [-0.3, -0.25) is 4.79 Å². The van der Waals surface area contributed by atoms with Crippen molar-refractivity contribution in [2.24, 2.45) is 16.7 Å². The molecule has 2 aliphatic carbocycles. The van der Waals surface area contributed by atoms with Gasteiger partial charge in [0.15, 0.2) is 0 Å². The van der Waals surface area contributed by atoms with Crippen LogP contribution in [0.1, 0.15) is 73.1 Å². The zero-order valence-corrected chi connectivity index (χ0v) is 29.4. The average Bonchev–Trinajstić information content (AvgIpc) is 3.39. The van der Waals surface area contributed by atoms with Crippen LogP contribution in [0.2, 0.25) is 0 Å². The summed E-state index contributed by atoms with van der Waals surface area (Å²) in [5.74, 6) is 1.97. The van der Waals surface area contributed by atoms with Gasteiger partial charge in [-0.15, -0.1) is 0 Å². The van der Waals surface area contributed by atoms with Crippen LogP contribution in [0.4, 0.5) is 0 Å². The van der Waals surface area contributed by atoms with Crippen LogP contribution in [-0.4, -0.2) is 39.8 Å². The van der Waals surface area contributed by atoms with E-state index in [0.29, 0.717) is 64.6 Å². The standard InChI is InChI=1S/C37H48O7S2/c1-6-23-41-29-9-15-32(16-10-29)46(33-17-11-30(12-18-33)42-24-7-2,34-19-13-31(14-20-34)43-25-8-3)44-45(39,40)27-37-22-21-28(26-35(37)38)36(37,4)5/h9-20,28H,6-8,21-27H2,1-5H3. The van der Waals surface area contributed by atoms with Crippen LogP contribution < -0.4 is 14.2 Å². The largest absolute Gasteiger partial charge is 0.494 e. The number of hydrogen-bond donors (Lipinski definition) is 0. The molecule has 9 heteroatoms. The summed E-state index contributed by atoms with van der Waals surface area (Å²) in [6.07, 6.45) is 4.45. The quantitative estimate of drug-likeness (QED) is 0.151. The van der Waals surface area contributed by atoms with E-state index in [1.165, 1.54) is 0 Å². The molecule has 2 fully saturated rings. The Balaban J connectivity index is 1.66. The molecule has 250 valence electrons. The van der Waals surface area contributed by atoms with Crippen molar-refractivity contribution >= 4 is 26.2 Å². The monoisotopic (exact) mass is 668 g/mol. The number of Topliss-reactive ketones (excluding diaryl/α,β-unsaturated/α-hetero) is 1. The summed E-state index contributed by atoms with van der Waals surface area (Å²) in [7, 11) is -7.15. The number of ketones is 1. The lowest BCUT2D eigenvalue weighted by molar-refractivity contribution is -0.128. The summed E-state index contributed by atoms with van der Waals surface area (Å²) in [5, 5.41) is 0. The van der Waals surface area contributed by atoms with Crippen LogP contribution in [0.15, 0.2) is 87.5 Å². The lowest BCUT2D eigenvalue weighted by Gasteiger charge is -2.41. The molecule has 5 rings (SSSR count). The molecule has 2 saturated carbocycles. The Labute approximate surface area is 276 Å². The van der Waals surface area contributed by atoms with Gasteiger partial charge in [0.05, 0.1) is 31.0 Å². The molecule has 7 nitrogen and oxygen atoms in total. The Morgan fingerprint density at radius 3 is 1.37 bits per heavy atom. The summed E-state index contributed by atoms with van der Waals surface area (Å²) in [6, 6.07) is 22.6. The maximum absolute atomic E-state index is 14.5. The minimum atomic E-state index is -4.27. The normalized spacial score (nSPS) is 20.9. The van der Waals surface area contributed by atoms with E-state index in [-0.39, 0.29) is 17.5 Å². The lowest BCUT2D eigenvalue weighted by Crippen LogP contribution is -2.42. The topological polar surface area (TPSA) is 88.1 Å². The third kappa shape index (κ3) is 6.56. The van der Waals surface area contributed by atoms with E-state index < -0.39 is 31.3 Å². The molecule has 2 bridgehead atoms. The van der Waals surface area contributed by atoms with Crippen molar-refractivity contribution in [1.82, 2.24) is 0 Å². The van der Waals surface area contributed by atoms with Crippen LogP contribution in [-0.2, 0) is 18.5 Å². The molecule has 0 heterocycles. The summed E-state index contributed by atoms with van der Waals surface area (Å²) < 4.78 is 53.4. The van der Waals surface area contributed by atoms with E-state index >= 15 is 0 Å². The number of fused-ring (bicyclic) bond motifs is 2. The van der Waals surface area contributed by atoms with Crippen molar-refractivity contribution in [2.45, 2.75) is 87.8 Å². The maximum atomic E-state index is 14.5. The zero-order valence-electron chi connectivity index (χ0n) is 27.8. The van der Waals surface area contributed by atoms with E-state index in [1.807, 2.05) is 107 Å². The van der Waals surface area contributed by atoms with E-state index in [0.717, 1.165) is 25.7 Å². The smallest absolute Gasteiger partial charge is 0.278 e. The Kier molecular flexibility index (Phi) is 10.4. The van der Waals surface area contributed by atoms with E-state index in [2.05, 4.69) is 0 Å². The fourth-order valence-corrected chi connectivity index (χ4v) is 13.0. The van der Waals surface area contributed by atoms with Crippen LogP contribution in [0.25, 0.3) is 0 Å². The van der Waals surface area contributed by atoms with Gasteiger partial charge in [-0.05, 0) is 127 Å². The molecule has 0 N–H and O–H groups in total. The number of benzene rings is 3. The van der Waals surface area contributed by atoms with Gasteiger partial charge in [0.25, 0.3) is 10.1 Å². The van der Waals surface area contributed by atoms with Gasteiger partial charge in [0, 0.05) is 21.1 Å². The first kappa shape index (κ1) is 34.3. The average molecular weight is 669 g/mol. The van der Waals surface area contributed by atoms with Gasteiger partial charge in [0.2, 0.25) is 0 Å². The van der Waals surface area contributed by atoms with Crippen LogP contribution in [0.3, 0.4) is 0 Å². The summed E-state index contributed by atoms with van der Waals surface area (Å²) in [5.41, 5.74) is -1.39. The molecule has 0 aromatic heterocycles. The fourth-order valence-electron chi connectivity index (χ4n) is 6.96. The minimum absolute atomic E-state index is 0.0359. The molecule has 0 radical (unpaired) electrons. The van der Waals surface area contributed by atoms with Crippen molar-refractivity contribution in [3.63, 3.8) is 0 Å². The Hall–Kier alpha value is -3.01. The van der Waals surface area contributed by atoms with Gasteiger partial charge in [0.1, 0.15) is 23.0 Å². The first-order valence-corrected chi connectivity index (χ1v) is 19.6. The van der Waals surface area contributed by atoms with Crippen molar-refractivity contribution in [3.8, 4) is 17.2 Å². The first-order valence-electron chi connectivity index (χ1n) is 16.5. The third-order valence-corrected chi connectivity index (χ3v) is 15.0. The highest BCUT2D eigenvalue weighted by Crippen LogP contribution is 2.71. The number of ether oxygens (including phenoxy) is 3. The molecule has 0 spiro atoms. The number of carbonyl (C=O) groups excluding carboxylic acids is 1. The fraction of sp³-hybridized carbons (Fsp3) is 0.486. The predicted molar refractivity (Wildman–Crippen MR) is 183 cm³/mol. The molecule has 3 aromatic rings. The van der Waals surface area contributed by atoms with Gasteiger partial charge < -0.3 is 14.2 Å². The second kappa shape index (κ2) is 14.0. The predicted octanol–water partition coefficient (Wildman–Crippen LogP) is 8.99. The molecule has 2 unspecified atom stereocenters. The number of carbonyl (C=O) groups is 1. The number of rotatable bonds is 16. The van der Waals surface area contributed by atoms with Gasteiger partial charge >= 0.3 is 0 Å². The Morgan fingerprint density at radius 1 is 0.674 bits per heavy atom. The van der Waals surface area contributed by atoms with Gasteiger partial charge in [-0.1, -0.05) is 34.6 Å². The molecule has 0 aliphatic heterocycles. The lowest BCUT2D eigenvalue weighted by atomic mass is 9.70. The van der Waals surface area contributed by atoms with Gasteiger partial charge in [-0.2, -0.15) is 8.42 Å². The highest BCUT2D eigenvalue weighted by Gasteiger charge is 2.65. The molecular weight excluding hydrogens is 621 g/mol. The van der Waals surface area contributed by atoms with E-state index in [4.69, 9.17) is 17.8 Å². The summed E-state index contributed by atoms with van der Waals surface area (Å²) in [4.78, 5) is 15.5. The van der Waals surface area contributed by atoms with Crippen molar-refractivity contribution in [3.05, 3.63) is 72.8 Å². The number of hydrogen-bond acceptors (Lipinski definition) is 7. The SMILES string of the molecule is CCCOc1ccc(S(OS(=O)(=O)CC23CCC(CC2=O)C3(C)C)(c2ccc(OCCC)cc2)c2ccc(OCCC)cc2)cc1. The van der Waals surface area contributed by atoms with Crippen molar-refractivity contribution in [2.75, 3.05) is 25.6 Å². The Bertz CT molecular complexity index is 1460. The summed E-state index contributed by atoms with van der Waals surface area (Å²) >= 11 is 0. The second-order valence-corrected chi connectivity index (χ2v) is 17.4. The molecule has 2 aliphatic rings. The zero-order chi connectivity index (χ0) is 33.0.